The summed E-state index contributed by atoms with van der Waals surface area (Å²) in [6, 6.07) is 3.46. The number of nitrogens with zero attached hydrogens (tertiary/aromatic N) is 4. The van der Waals surface area contributed by atoms with E-state index in [1.165, 1.54) is 0 Å². The Bertz CT molecular complexity index is 391. The van der Waals surface area contributed by atoms with Crippen LogP contribution in [0.4, 0.5) is 0 Å². The van der Waals surface area contributed by atoms with E-state index < -0.39 is 4.08 Å². The maximum absolute atomic E-state index is 4.38. The molecule has 0 atom stereocenters. The monoisotopic (exact) mass is 236 g/mol. The lowest BCUT2D eigenvalue weighted by Crippen LogP contribution is -2.19. The van der Waals surface area contributed by atoms with E-state index in [4.69, 9.17) is 0 Å². The van der Waals surface area contributed by atoms with Gasteiger partial charge in [0, 0.05) is 24.8 Å². The molecule has 0 aromatic carbocycles. The summed E-state index contributed by atoms with van der Waals surface area (Å²) >= 11 is 8.76. The molecule has 0 unspecified atom stereocenters. The van der Waals surface area contributed by atoms with E-state index in [0.717, 1.165) is 0 Å². The Kier molecular flexibility index (Phi) is 2.88. The quantitative estimate of drug-likeness (QED) is 0.610. The molecule has 6 heteroatoms. The Balaban J connectivity index is 2.44. The third-order valence-corrected chi connectivity index (χ3v) is 2.56. The van der Waals surface area contributed by atoms with Gasteiger partial charge in [0.15, 0.2) is 15.7 Å². The molecule has 0 fully saturated rings. The molecule has 0 saturated heterocycles. The van der Waals surface area contributed by atoms with Crippen molar-refractivity contribution in [3.05, 3.63) is 48.6 Å². The average Bonchev–Trinajstić information content (AvgIpc) is 2.31. The predicted molar refractivity (Wildman–Crippen MR) is 62.8 cm³/mol. The van der Waals surface area contributed by atoms with Crippen LogP contribution in [-0.4, -0.2) is 19.9 Å². The van der Waals surface area contributed by atoms with Gasteiger partial charge < -0.3 is 0 Å². The summed E-state index contributed by atoms with van der Waals surface area (Å²) in [5.74, 6) is 0.922. The van der Waals surface area contributed by atoms with Gasteiger partial charge >= 0.3 is 0 Å². The highest BCUT2D eigenvalue weighted by Gasteiger charge is 2.31. The van der Waals surface area contributed by atoms with Crippen LogP contribution in [0.15, 0.2) is 36.9 Å². The standard InChI is InChI=1S/C9H8N4S2/c14-9(15,7-10-3-1-4-11-7)8-12-5-2-6-13-8/h1-6,14-15H. The zero-order chi connectivity index (χ0) is 10.7. The lowest BCUT2D eigenvalue weighted by atomic mass is 10.3. The highest BCUT2D eigenvalue weighted by Crippen LogP contribution is 2.34. The fraction of sp³-hybridized carbons (Fsp3) is 0.111. The molecule has 2 heterocycles. The molecule has 0 bridgehead atoms. The first-order valence-electron chi connectivity index (χ1n) is 4.21. The van der Waals surface area contributed by atoms with Crippen LogP contribution in [0.1, 0.15) is 11.6 Å². The van der Waals surface area contributed by atoms with Gasteiger partial charge in [-0.2, -0.15) is 0 Å². The van der Waals surface area contributed by atoms with Crippen molar-refractivity contribution in [2.45, 2.75) is 4.08 Å². The second kappa shape index (κ2) is 4.16. The highest BCUT2D eigenvalue weighted by molar-refractivity contribution is 8.00. The molecule has 2 aromatic rings. The van der Waals surface area contributed by atoms with Crippen molar-refractivity contribution < 1.29 is 0 Å². The molecule has 4 nitrogen and oxygen atoms in total. The first-order valence-corrected chi connectivity index (χ1v) is 5.10. The number of aromatic nitrogens is 4. The molecular formula is C9H8N4S2. The van der Waals surface area contributed by atoms with Crippen molar-refractivity contribution >= 4 is 25.3 Å². The highest BCUT2D eigenvalue weighted by atomic mass is 32.2. The van der Waals surface area contributed by atoms with E-state index in [9.17, 15) is 0 Å². The van der Waals surface area contributed by atoms with Crippen LogP contribution in [-0.2, 0) is 4.08 Å². The zero-order valence-corrected chi connectivity index (χ0v) is 9.44. The summed E-state index contributed by atoms with van der Waals surface area (Å²) in [5.41, 5.74) is 0. The van der Waals surface area contributed by atoms with Gasteiger partial charge in [0.25, 0.3) is 0 Å². The van der Waals surface area contributed by atoms with Crippen LogP contribution >= 0.6 is 25.3 Å². The molecule has 0 amide bonds. The number of thiol groups is 2. The van der Waals surface area contributed by atoms with Crippen LogP contribution in [0.3, 0.4) is 0 Å². The second-order valence-electron chi connectivity index (χ2n) is 2.82. The smallest absolute Gasteiger partial charge is 0.175 e. The zero-order valence-electron chi connectivity index (χ0n) is 7.65. The molecule has 2 rings (SSSR count). The second-order valence-corrected chi connectivity index (χ2v) is 4.51. The summed E-state index contributed by atoms with van der Waals surface area (Å²) in [6.45, 7) is 0. The minimum Gasteiger partial charge on any atom is -0.239 e. The topological polar surface area (TPSA) is 51.6 Å². The minimum atomic E-state index is -0.970. The van der Waals surface area contributed by atoms with Crippen LogP contribution in [0, 0.1) is 0 Å². The van der Waals surface area contributed by atoms with Crippen molar-refractivity contribution in [2.75, 3.05) is 0 Å². The van der Waals surface area contributed by atoms with Crippen molar-refractivity contribution in [3.8, 4) is 0 Å². The Labute approximate surface area is 98.0 Å². The lowest BCUT2D eigenvalue weighted by molar-refractivity contribution is 0.836. The van der Waals surface area contributed by atoms with Gasteiger partial charge in [0.05, 0.1) is 0 Å². The summed E-state index contributed by atoms with van der Waals surface area (Å²) in [6.07, 6.45) is 6.53. The van der Waals surface area contributed by atoms with E-state index >= 15 is 0 Å². The SMILES string of the molecule is SC(S)(c1ncccn1)c1ncccn1. The van der Waals surface area contributed by atoms with E-state index in [1.54, 1.807) is 36.9 Å². The molecule has 0 saturated carbocycles. The molecule has 0 aliphatic rings. The van der Waals surface area contributed by atoms with Gasteiger partial charge in [-0.05, 0) is 12.1 Å². The van der Waals surface area contributed by atoms with Gasteiger partial charge in [0.1, 0.15) is 0 Å². The van der Waals surface area contributed by atoms with Crippen LogP contribution < -0.4 is 0 Å². The Morgan fingerprint density at radius 3 is 1.40 bits per heavy atom. The Morgan fingerprint density at radius 1 is 0.733 bits per heavy atom. The van der Waals surface area contributed by atoms with Gasteiger partial charge in [-0.25, -0.2) is 19.9 Å². The van der Waals surface area contributed by atoms with Crippen LogP contribution in [0.2, 0.25) is 0 Å². The van der Waals surface area contributed by atoms with Crippen LogP contribution in [0.25, 0.3) is 0 Å². The van der Waals surface area contributed by atoms with Crippen LogP contribution in [0.5, 0.6) is 0 Å². The van der Waals surface area contributed by atoms with Crippen molar-refractivity contribution in [1.29, 1.82) is 0 Å². The van der Waals surface area contributed by atoms with E-state index in [2.05, 4.69) is 45.2 Å². The summed E-state index contributed by atoms with van der Waals surface area (Å²) in [7, 11) is 0. The maximum atomic E-state index is 4.38. The number of hydrogen-bond acceptors (Lipinski definition) is 6. The summed E-state index contributed by atoms with van der Waals surface area (Å²) in [5, 5.41) is 0. The molecule has 0 aliphatic heterocycles. The normalized spacial score (nSPS) is 11.3. The average molecular weight is 236 g/mol. The number of hydrogen-bond donors (Lipinski definition) is 2. The fourth-order valence-electron chi connectivity index (χ4n) is 1.06. The Hall–Kier alpha value is -1.14. The van der Waals surface area contributed by atoms with Crippen molar-refractivity contribution in [2.24, 2.45) is 0 Å². The fourth-order valence-corrected chi connectivity index (χ4v) is 1.52. The molecule has 76 valence electrons. The van der Waals surface area contributed by atoms with Crippen molar-refractivity contribution in [1.82, 2.24) is 19.9 Å². The minimum absolute atomic E-state index is 0.461. The molecule has 0 spiro atoms. The van der Waals surface area contributed by atoms with Gasteiger partial charge in [-0.1, -0.05) is 0 Å². The Morgan fingerprint density at radius 2 is 1.07 bits per heavy atom. The lowest BCUT2D eigenvalue weighted by Gasteiger charge is -2.18. The molecular weight excluding hydrogens is 228 g/mol. The van der Waals surface area contributed by atoms with E-state index in [1.807, 2.05) is 0 Å². The van der Waals surface area contributed by atoms with Gasteiger partial charge in [-0.3, -0.25) is 0 Å². The molecule has 2 aromatic heterocycles. The molecule has 0 radical (unpaired) electrons. The summed E-state index contributed by atoms with van der Waals surface area (Å²) in [4.78, 5) is 16.3. The van der Waals surface area contributed by atoms with E-state index in [-0.39, 0.29) is 0 Å². The molecule has 0 aliphatic carbocycles. The summed E-state index contributed by atoms with van der Waals surface area (Å²) < 4.78 is -0.970. The molecule has 0 N–H and O–H groups in total. The van der Waals surface area contributed by atoms with Gasteiger partial charge in [-0.15, -0.1) is 25.3 Å². The first-order chi connectivity index (χ1) is 7.21. The van der Waals surface area contributed by atoms with E-state index in [0.29, 0.717) is 11.6 Å². The third-order valence-electron chi connectivity index (χ3n) is 1.76. The first kappa shape index (κ1) is 10.4. The number of rotatable bonds is 2. The third kappa shape index (κ3) is 2.10. The molecule has 15 heavy (non-hydrogen) atoms. The maximum Gasteiger partial charge on any atom is 0.175 e. The predicted octanol–water partition coefficient (Wildman–Crippen LogP) is 1.33. The van der Waals surface area contributed by atoms with Crippen molar-refractivity contribution in [3.63, 3.8) is 0 Å². The van der Waals surface area contributed by atoms with Gasteiger partial charge in [0.2, 0.25) is 0 Å². The largest absolute Gasteiger partial charge is 0.239 e.